The summed E-state index contributed by atoms with van der Waals surface area (Å²) in [6.07, 6.45) is 6.79. The predicted octanol–water partition coefficient (Wildman–Crippen LogP) is 2.10. The van der Waals surface area contributed by atoms with Gasteiger partial charge in [-0.2, -0.15) is 5.26 Å². The second-order valence-electron chi connectivity index (χ2n) is 9.57. The Labute approximate surface area is 193 Å². The lowest BCUT2D eigenvalue weighted by atomic mass is 9.96. The number of anilines is 1. The fraction of sp³-hybridized carbons (Fsp3) is 0.385. The van der Waals surface area contributed by atoms with Crippen molar-refractivity contribution >= 4 is 16.6 Å². The summed E-state index contributed by atoms with van der Waals surface area (Å²) in [5, 5.41) is 20.6. The molecular weight excluding hydrogens is 412 g/mol. The SMILES string of the molecule is C[C@@H]1CN(c2ccc(C#N)c3ncccc23)CC2=C3CC=C(N4C[C@@H](N)[C@H](O)C4)C=C3CN21. The van der Waals surface area contributed by atoms with Crippen LogP contribution in [0.3, 0.4) is 0 Å². The predicted molar refractivity (Wildman–Crippen MR) is 128 cm³/mol. The van der Waals surface area contributed by atoms with Crippen molar-refractivity contribution < 1.29 is 5.11 Å². The Bertz CT molecular complexity index is 1260. The maximum Gasteiger partial charge on any atom is 0.101 e. The summed E-state index contributed by atoms with van der Waals surface area (Å²) < 4.78 is 0. The lowest BCUT2D eigenvalue weighted by Gasteiger charge is -2.42. The highest BCUT2D eigenvalue weighted by atomic mass is 16.3. The fourth-order valence-corrected chi connectivity index (χ4v) is 5.78. The van der Waals surface area contributed by atoms with Crippen molar-refractivity contribution in [2.24, 2.45) is 5.73 Å². The highest BCUT2D eigenvalue weighted by molar-refractivity contribution is 5.95. The highest BCUT2D eigenvalue weighted by Crippen LogP contribution is 2.41. The van der Waals surface area contributed by atoms with E-state index in [2.05, 4.69) is 57.0 Å². The van der Waals surface area contributed by atoms with Crippen molar-refractivity contribution in [1.29, 1.82) is 5.26 Å². The lowest BCUT2D eigenvalue weighted by molar-refractivity contribution is 0.170. The molecule has 0 unspecified atom stereocenters. The normalized spacial score (nSPS) is 26.8. The molecular formula is C26H28N6O. The molecule has 7 nitrogen and oxygen atoms in total. The molecule has 4 heterocycles. The smallest absolute Gasteiger partial charge is 0.101 e. The minimum absolute atomic E-state index is 0.177. The summed E-state index contributed by atoms with van der Waals surface area (Å²) in [7, 11) is 0. The second kappa shape index (κ2) is 7.62. The van der Waals surface area contributed by atoms with Crippen LogP contribution in [0.4, 0.5) is 5.69 Å². The Morgan fingerprint density at radius 1 is 1.15 bits per heavy atom. The van der Waals surface area contributed by atoms with E-state index in [-0.39, 0.29) is 6.04 Å². The minimum Gasteiger partial charge on any atom is -0.390 e. The lowest BCUT2D eigenvalue weighted by Crippen LogP contribution is -2.49. The standard InChI is InChI=1S/C26H28N6O/c1-16-11-31(23-7-4-17(10-27)26-21(23)3-2-8-29-26)14-24-20-6-5-19(9-18(20)12-32(16)24)30-13-22(28)25(33)15-30/h2-5,7-9,16,22,25,33H,6,11-15,28H2,1H3/t16-,22-,25-/m1/s1. The summed E-state index contributed by atoms with van der Waals surface area (Å²) in [4.78, 5) is 11.7. The van der Waals surface area contributed by atoms with Gasteiger partial charge in [-0.25, -0.2) is 0 Å². The van der Waals surface area contributed by atoms with Gasteiger partial charge in [0, 0.05) is 66.9 Å². The number of aliphatic hydroxyl groups is 1. The van der Waals surface area contributed by atoms with Gasteiger partial charge in [0.2, 0.25) is 0 Å². The van der Waals surface area contributed by atoms with Crippen molar-refractivity contribution in [2.45, 2.75) is 31.5 Å². The number of fused-ring (bicyclic) bond motifs is 3. The monoisotopic (exact) mass is 440 g/mol. The molecule has 3 atom stereocenters. The van der Waals surface area contributed by atoms with Crippen LogP contribution in [0, 0.1) is 11.3 Å². The average Bonchev–Trinajstić information content (AvgIpc) is 3.37. The number of nitrogens with two attached hydrogens (primary N) is 1. The van der Waals surface area contributed by atoms with Crippen LogP contribution in [-0.2, 0) is 0 Å². The first kappa shape index (κ1) is 20.3. The molecule has 7 heteroatoms. The molecule has 168 valence electrons. The number of hydrogen-bond acceptors (Lipinski definition) is 7. The zero-order valence-corrected chi connectivity index (χ0v) is 18.8. The van der Waals surface area contributed by atoms with Crippen LogP contribution in [0.15, 0.2) is 65.2 Å². The highest BCUT2D eigenvalue weighted by Gasteiger charge is 2.37. The number of piperazine rings is 1. The Morgan fingerprint density at radius 2 is 2.03 bits per heavy atom. The van der Waals surface area contributed by atoms with E-state index in [0.717, 1.165) is 42.6 Å². The van der Waals surface area contributed by atoms with Crippen molar-refractivity contribution in [1.82, 2.24) is 14.8 Å². The van der Waals surface area contributed by atoms with Gasteiger partial charge in [0.25, 0.3) is 0 Å². The number of allylic oxidation sites excluding steroid dienone is 2. The summed E-state index contributed by atoms with van der Waals surface area (Å²) >= 11 is 0. The number of aromatic nitrogens is 1. The third kappa shape index (κ3) is 3.21. The maximum absolute atomic E-state index is 10.1. The van der Waals surface area contributed by atoms with Crippen LogP contribution in [0.1, 0.15) is 18.9 Å². The Hall–Kier alpha value is -3.34. The first-order chi connectivity index (χ1) is 16.0. The van der Waals surface area contributed by atoms with E-state index in [1.54, 1.807) is 6.20 Å². The van der Waals surface area contributed by atoms with Crippen LogP contribution in [-0.4, -0.2) is 70.8 Å². The molecule has 33 heavy (non-hydrogen) atoms. The number of aliphatic hydroxyl groups excluding tert-OH is 1. The molecule has 6 rings (SSSR count). The molecule has 4 aliphatic rings. The van der Waals surface area contributed by atoms with Crippen LogP contribution in [0.25, 0.3) is 10.9 Å². The molecule has 1 aliphatic carbocycles. The first-order valence-corrected chi connectivity index (χ1v) is 11.6. The maximum atomic E-state index is 10.1. The number of pyridine rings is 1. The number of benzene rings is 1. The zero-order valence-electron chi connectivity index (χ0n) is 18.8. The van der Waals surface area contributed by atoms with Crippen LogP contribution >= 0.6 is 0 Å². The van der Waals surface area contributed by atoms with Crippen molar-refractivity contribution in [2.75, 3.05) is 37.6 Å². The van der Waals surface area contributed by atoms with E-state index in [9.17, 15) is 10.4 Å². The number of β-amino-alcohol motifs (C(OH)–C–C–N with tert-alkyl or cyclic N) is 1. The second-order valence-corrected chi connectivity index (χ2v) is 9.57. The summed E-state index contributed by atoms with van der Waals surface area (Å²) in [6.45, 7) is 6.32. The van der Waals surface area contributed by atoms with E-state index < -0.39 is 6.10 Å². The molecule has 0 amide bonds. The van der Waals surface area contributed by atoms with Crippen molar-refractivity contribution in [3.8, 4) is 6.07 Å². The number of nitrogens with zero attached hydrogens (tertiary/aromatic N) is 5. The van der Waals surface area contributed by atoms with Gasteiger partial charge in [-0.05, 0) is 54.8 Å². The molecule has 1 aromatic carbocycles. The Balaban J connectivity index is 1.32. The number of rotatable bonds is 2. The third-order valence-electron chi connectivity index (χ3n) is 7.52. The Kier molecular flexibility index (Phi) is 4.68. The molecule has 0 saturated carbocycles. The Morgan fingerprint density at radius 3 is 2.82 bits per heavy atom. The summed E-state index contributed by atoms with van der Waals surface area (Å²) in [6, 6.07) is 10.5. The van der Waals surface area contributed by atoms with E-state index in [4.69, 9.17) is 5.73 Å². The van der Waals surface area contributed by atoms with Gasteiger partial charge < -0.3 is 25.5 Å². The van der Waals surface area contributed by atoms with Gasteiger partial charge in [0.1, 0.15) is 6.07 Å². The molecule has 0 bridgehead atoms. The van der Waals surface area contributed by atoms with Gasteiger partial charge in [0.05, 0.1) is 23.7 Å². The molecule has 1 aromatic heterocycles. The molecule has 0 radical (unpaired) electrons. The van der Waals surface area contributed by atoms with Gasteiger partial charge in [0.15, 0.2) is 0 Å². The topological polar surface area (TPSA) is 92.7 Å². The number of nitriles is 1. The van der Waals surface area contributed by atoms with Gasteiger partial charge in [-0.3, -0.25) is 4.98 Å². The molecule has 3 aliphatic heterocycles. The van der Waals surface area contributed by atoms with Crippen LogP contribution in [0.5, 0.6) is 0 Å². The quantitative estimate of drug-likeness (QED) is 0.739. The van der Waals surface area contributed by atoms with Gasteiger partial charge in [-0.1, -0.05) is 6.08 Å². The molecule has 0 spiro atoms. The zero-order chi connectivity index (χ0) is 22.7. The van der Waals surface area contributed by atoms with Crippen LogP contribution < -0.4 is 10.6 Å². The van der Waals surface area contributed by atoms with Gasteiger partial charge in [-0.15, -0.1) is 0 Å². The first-order valence-electron chi connectivity index (χ1n) is 11.6. The van der Waals surface area contributed by atoms with Crippen molar-refractivity contribution in [3.05, 3.63) is 70.7 Å². The third-order valence-corrected chi connectivity index (χ3v) is 7.52. The summed E-state index contributed by atoms with van der Waals surface area (Å²) in [5.74, 6) is 0. The molecule has 2 fully saturated rings. The number of hydrogen-bond donors (Lipinski definition) is 2. The molecule has 2 saturated heterocycles. The summed E-state index contributed by atoms with van der Waals surface area (Å²) in [5.41, 5.74) is 14.0. The van der Waals surface area contributed by atoms with Crippen molar-refractivity contribution in [3.63, 3.8) is 0 Å². The van der Waals surface area contributed by atoms with E-state index in [1.807, 2.05) is 12.1 Å². The largest absolute Gasteiger partial charge is 0.390 e. The van der Waals surface area contributed by atoms with Crippen LogP contribution in [0.2, 0.25) is 0 Å². The molecule has 3 N–H and O–H groups in total. The van der Waals surface area contributed by atoms with E-state index in [0.29, 0.717) is 24.7 Å². The molecule has 2 aromatic rings. The van der Waals surface area contributed by atoms with E-state index in [1.165, 1.54) is 22.5 Å². The average molecular weight is 441 g/mol. The van der Waals surface area contributed by atoms with Gasteiger partial charge >= 0.3 is 0 Å². The fourth-order valence-electron chi connectivity index (χ4n) is 5.78. The van der Waals surface area contributed by atoms with E-state index >= 15 is 0 Å². The minimum atomic E-state index is -0.454. The number of likely N-dealkylation sites (tertiary alicyclic amines) is 1.